The molecule has 1 aromatic carbocycles. The molecule has 0 radical (unpaired) electrons. The molecule has 1 aliphatic carbocycles. The number of rotatable bonds is 3. The summed E-state index contributed by atoms with van der Waals surface area (Å²) in [5, 5.41) is 23.1. The Labute approximate surface area is 138 Å². The zero-order valence-corrected chi connectivity index (χ0v) is 13.3. The van der Waals surface area contributed by atoms with Gasteiger partial charge in [0.05, 0.1) is 16.0 Å². The Bertz CT molecular complexity index is 720. The van der Waals surface area contributed by atoms with Crippen LogP contribution in [0.25, 0.3) is 0 Å². The van der Waals surface area contributed by atoms with Crippen molar-refractivity contribution >= 4 is 23.4 Å². The second kappa shape index (κ2) is 5.77. The normalized spacial score (nSPS) is 25.4. The largest absolute Gasteiger partial charge is 0.481 e. The molecule has 2 amide bonds. The number of hydrogen-bond acceptors (Lipinski definition) is 4. The van der Waals surface area contributed by atoms with Crippen molar-refractivity contribution in [1.82, 2.24) is 4.90 Å². The number of nitro groups is 1. The summed E-state index contributed by atoms with van der Waals surface area (Å²) in [6.07, 6.45) is 2.27. The number of urea groups is 1. The Morgan fingerprint density at radius 1 is 1.46 bits per heavy atom. The lowest BCUT2D eigenvalue weighted by molar-refractivity contribution is -0.384. The van der Waals surface area contributed by atoms with Crippen molar-refractivity contribution in [2.24, 2.45) is 11.3 Å². The number of hydrogen-bond donors (Lipinski definition) is 2. The molecule has 1 heterocycles. The van der Waals surface area contributed by atoms with Gasteiger partial charge in [-0.25, -0.2) is 4.79 Å². The van der Waals surface area contributed by atoms with Crippen LogP contribution in [0.5, 0.6) is 0 Å². The van der Waals surface area contributed by atoms with Crippen molar-refractivity contribution in [2.75, 3.05) is 18.4 Å². The van der Waals surface area contributed by atoms with Crippen LogP contribution in [0.3, 0.4) is 0 Å². The number of nitrogens with one attached hydrogen (secondary N) is 1. The number of carbonyl (C=O) groups is 2. The Balaban J connectivity index is 1.76. The highest BCUT2D eigenvalue weighted by Gasteiger charge is 2.55. The Kier molecular flexibility index (Phi) is 3.90. The number of carboxylic acid groups (broad SMARTS) is 1. The quantitative estimate of drug-likeness (QED) is 0.652. The van der Waals surface area contributed by atoms with E-state index in [-0.39, 0.29) is 18.2 Å². The number of fused-ring (bicyclic) bond motifs is 1. The first-order valence-corrected chi connectivity index (χ1v) is 7.88. The number of nitro benzene ring substituents is 1. The van der Waals surface area contributed by atoms with Crippen molar-refractivity contribution in [3.63, 3.8) is 0 Å². The summed E-state index contributed by atoms with van der Waals surface area (Å²) in [7, 11) is 0. The average Bonchev–Trinajstić information content (AvgIpc) is 3.07. The van der Waals surface area contributed by atoms with Crippen molar-refractivity contribution in [3.8, 4) is 0 Å². The van der Waals surface area contributed by atoms with E-state index in [0.29, 0.717) is 24.2 Å². The second-order valence-electron chi connectivity index (χ2n) is 6.62. The van der Waals surface area contributed by atoms with Crippen LogP contribution in [-0.4, -0.2) is 40.0 Å². The van der Waals surface area contributed by atoms with Gasteiger partial charge in [-0.05, 0) is 31.2 Å². The lowest BCUT2D eigenvalue weighted by atomic mass is 9.81. The number of non-ortho nitro benzene ring substituents is 1. The topological polar surface area (TPSA) is 113 Å². The molecule has 2 N–H and O–H groups in total. The van der Waals surface area contributed by atoms with Crippen LogP contribution in [0.1, 0.15) is 24.8 Å². The Hall–Kier alpha value is -2.64. The molecule has 2 fully saturated rings. The van der Waals surface area contributed by atoms with Crippen LogP contribution in [0.4, 0.5) is 16.2 Å². The number of carbonyl (C=O) groups excluding carboxylic acids is 1. The summed E-state index contributed by atoms with van der Waals surface area (Å²) in [6.45, 7) is 2.34. The van der Waals surface area contributed by atoms with Gasteiger partial charge >= 0.3 is 12.0 Å². The maximum absolute atomic E-state index is 12.5. The van der Waals surface area contributed by atoms with Crippen LogP contribution in [0.2, 0.25) is 0 Å². The SMILES string of the molecule is Cc1ccc([N+](=O)[O-])cc1NC(=O)N1C[C@@H]2CCC[C@@]2(C(=O)O)C1. The molecule has 8 nitrogen and oxygen atoms in total. The van der Waals surface area contributed by atoms with Gasteiger partial charge < -0.3 is 15.3 Å². The van der Waals surface area contributed by atoms with Gasteiger partial charge in [-0.2, -0.15) is 0 Å². The van der Waals surface area contributed by atoms with E-state index >= 15 is 0 Å². The first-order chi connectivity index (χ1) is 11.3. The number of benzene rings is 1. The molecule has 24 heavy (non-hydrogen) atoms. The van der Waals surface area contributed by atoms with E-state index in [0.717, 1.165) is 12.8 Å². The Morgan fingerprint density at radius 3 is 2.83 bits per heavy atom. The van der Waals surface area contributed by atoms with Crippen LogP contribution in [0.15, 0.2) is 18.2 Å². The third-order valence-electron chi connectivity index (χ3n) is 5.26. The van der Waals surface area contributed by atoms with Crippen molar-refractivity contribution in [1.29, 1.82) is 0 Å². The molecule has 2 aliphatic rings. The molecule has 2 atom stereocenters. The molecule has 8 heteroatoms. The fraction of sp³-hybridized carbons (Fsp3) is 0.500. The molecular formula is C16H19N3O5. The van der Waals surface area contributed by atoms with Crippen LogP contribution in [0, 0.1) is 28.4 Å². The van der Waals surface area contributed by atoms with Crippen LogP contribution < -0.4 is 5.32 Å². The van der Waals surface area contributed by atoms with E-state index in [1.54, 1.807) is 13.0 Å². The number of anilines is 1. The van der Waals surface area contributed by atoms with E-state index in [1.807, 2.05) is 0 Å². The van der Waals surface area contributed by atoms with Gasteiger partial charge in [0.1, 0.15) is 0 Å². The zero-order chi connectivity index (χ0) is 17.5. The summed E-state index contributed by atoms with van der Waals surface area (Å²) in [6, 6.07) is 3.86. The monoisotopic (exact) mass is 333 g/mol. The molecule has 0 unspecified atom stereocenters. The maximum atomic E-state index is 12.5. The highest BCUT2D eigenvalue weighted by molar-refractivity contribution is 5.91. The zero-order valence-electron chi connectivity index (χ0n) is 13.3. The lowest BCUT2D eigenvalue weighted by Gasteiger charge is -2.23. The highest BCUT2D eigenvalue weighted by Crippen LogP contribution is 2.49. The molecule has 0 spiro atoms. The Morgan fingerprint density at radius 2 is 2.21 bits per heavy atom. The molecule has 0 aromatic heterocycles. The summed E-state index contributed by atoms with van der Waals surface area (Å²) in [5.41, 5.74) is 0.142. The summed E-state index contributed by atoms with van der Waals surface area (Å²) in [5.74, 6) is -0.862. The third kappa shape index (κ3) is 2.57. The lowest BCUT2D eigenvalue weighted by Crippen LogP contribution is -2.38. The third-order valence-corrected chi connectivity index (χ3v) is 5.26. The van der Waals surface area contributed by atoms with Gasteiger partial charge in [0.15, 0.2) is 0 Å². The smallest absolute Gasteiger partial charge is 0.321 e. The van der Waals surface area contributed by atoms with Gasteiger partial charge in [-0.15, -0.1) is 0 Å². The minimum atomic E-state index is -0.841. The van der Waals surface area contributed by atoms with Crippen molar-refractivity contribution in [2.45, 2.75) is 26.2 Å². The molecule has 3 rings (SSSR count). The number of aryl methyl sites for hydroxylation is 1. The molecule has 0 bridgehead atoms. The predicted octanol–water partition coefficient (Wildman–Crippen LogP) is 2.62. The van der Waals surface area contributed by atoms with E-state index in [1.165, 1.54) is 17.0 Å². The van der Waals surface area contributed by atoms with Crippen LogP contribution >= 0.6 is 0 Å². The molecule has 1 aromatic rings. The number of aliphatic carboxylic acids is 1. The fourth-order valence-corrected chi connectivity index (χ4v) is 3.85. The van der Waals surface area contributed by atoms with E-state index in [2.05, 4.69) is 5.32 Å². The van der Waals surface area contributed by atoms with Gasteiger partial charge in [0, 0.05) is 25.2 Å². The second-order valence-corrected chi connectivity index (χ2v) is 6.62. The fourth-order valence-electron chi connectivity index (χ4n) is 3.85. The first kappa shape index (κ1) is 16.2. The number of likely N-dealkylation sites (tertiary alicyclic amines) is 1. The van der Waals surface area contributed by atoms with E-state index < -0.39 is 22.3 Å². The molecule has 1 saturated carbocycles. The van der Waals surface area contributed by atoms with Gasteiger partial charge in [0.2, 0.25) is 0 Å². The van der Waals surface area contributed by atoms with Gasteiger partial charge in [0.25, 0.3) is 5.69 Å². The average molecular weight is 333 g/mol. The minimum Gasteiger partial charge on any atom is -0.481 e. The van der Waals surface area contributed by atoms with Gasteiger partial charge in [-0.1, -0.05) is 12.5 Å². The van der Waals surface area contributed by atoms with Crippen molar-refractivity contribution in [3.05, 3.63) is 33.9 Å². The van der Waals surface area contributed by atoms with E-state index in [9.17, 15) is 24.8 Å². The minimum absolute atomic E-state index is 0.0213. The van der Waals surface area contributed by atoms with Gasteiger partial charge in [-0.3, -0.25) is 14.9 Å². The predicted molar refractivity (Wildman–Crippen MR) is 85.8 cm³/mol. The first-order valence-electron chi connectivity index (χ1n) is 7.88. The van der Waals surface area contributed by atoms with Crippen LogP contribution in [-0.2, 0) is 4.79 Å². The maximum Gasteiger partial charge on any atom is 0.321 e. The summed E-state index contributed by atoms with van der Waals surface area (Å²) in [4.78, 5) is 36.0. The molecule has 1 aliphatic heterocycles. The summed E-state index contributed by atoms with van der Waals surface area (Å²) < 4.78 is 0. The summed E-state index contributed by atoms with van der Waals surface area (Å²) >= 11 is 0. The molecule has 128 valence electrons. The number of nitrogens with zero attached hydrogens (tertiary/aromatic N) is 2. The highest BCUT2D eigenvalue weighted by atomic mass is 16.6. The standard InChI is InChI=1S/C16H19N3O5/c1-10-4-5-12(19(23)24)7-13(10)17-15(22)18-8-11-3-2-6-16(11,9-18)14(20)21/h4-5,7,11H,2-3,6,8-9H2,1H3,(H,17,22)(H,20,21)/t11-,16+/m0/s1. The molecule has 1 saturated heterocycles. The van der Waals surface area contributed by atoms with Crippen molar-refractivity contribution < 1.29 is 19.6 Å². The molecular weight excluding hydrogens is 314 g/mol. The van der Waals surface area contributed by atoms with E-state index in [4.69, 9.17) is 0 Å². The number of carboxylic acids is 1. The number of amides is 2.